The molecule has 0 bridgehead atoms. The molecule has 0 spiro atoms. The molecule has 0 unspecified atom stereocenters. The Morgan fingerprint density at radius 1 is 1.39 bits per heavy atom. The molecular formula is C14H20O3Se. The van der Waals surface area contributed by atoms with Gasteiger partial charge in [0.05, 0.1) is 0 Å². The van der Waals surface area contributed by atoms with E-state index in [0.29, 0.717) is 19.4 Å². The Morgan fingerprint density at radius 3 is 2.78 bits per heavy atom. The van der Waals surface area contributed by atoms with Crippen LogP contribution in [0.3, 0.4) is 0 Å². The molecule has 100 valence electrons. The van der Waals surface area contributed by atoms with E-state index in [0.717, 1.165) is 11.7 Å². The molecule has 1 aromatic rings. The number of esters is 1. The molecule has 1 atom stereocenters. The summed E-state index contributed by atoms with van der Waals surface area (Å²) in [5, 5.41) is 10.5. The van der Waals surface area contributed by atoms with Crippen LogP contribution < -0.4 is 4.46 Å². The monoisotopic (exact) mass is 316 g/mol. The zero-order valence-corrected chi connectivity index (χ0v) is 12.4. The summed E-state index contributed by atoms with van der Waals surface area (Å²) in [5.74, 6) is -0.205. The third-order valence-electron chi connectivity index (χ3n) is 2.33. The van der Waals surface area contributed by atoms with E-state index in [1.807, 2.05) is 25.1 Å². The Hall–Kier alpha value is -0.831. The first-order valence-corrected chi connectivity index (χ1v) is 8.30. The first-order valence-electron chi connectivity index (χ1n) is 6.24. The number of carbonyl (C=O) groups is 1. The Bertz CT molecular complexity index is 340. The van der Waals surface area contributed by atoms with Crippen LogP contribution in [-0.2, 0) is 9.53 Å². The molecule has 0 saturated carbocycles. The molecule has 0 amide bonds. The molecule has 0 aromatic heterocycles. The van der Waals surface area contributed by atoms with E-state index >= 15 is 0 Å². The molecule has 0 radical (unpaired) electrons. The minimum atomic E-state index is -0.403. The number of aliphatic hydroxyl groups is 1. The van der Waals surface area contributed by atoms with E-state index in [1.54, 1.807) is 0 Å². The molecule has 1 rings (SSSR count). The van der Waals surface area contributed by atoms with E-state index in [9.17, 15) is 9.90 Å². The quantitative estimate of drug-likeness (QED) is 0.584. The number of ether oxygens (including phenoxy) is 1. The van der Waals surface area contributed by atoms with Gasteiger partial charge >= 0.3 is 115 Å². The van der Waals surface area contributed by atoms with E-state index in [2.05, 4.69) is 12.1 Å². The SMILES string of the molecule is CCCOC(=O)CC[C@H](O)C[Se]c1ccccc1. The number of hydrogen-bond acceptors (Lipinski definition) is 3. The molecule has 18 heavy (non-hydrogen) atoms. The van der Waals surface area contributed by atoms with Gasteiger partial charge < -0.3 is 0 Å². The zero-order valence-electron chi connectivity index (χ0n) is 10.7. The Morgan fingerprint density at radius 2 is 2.11 bits per heavy atom. The molecular weight excluding hydrogens is 295 g/mol. The van der Waals surface area contributed by atoms with Gasteiger partial charge in [-0.25, -0.2) is 0 Å². The summed E-state index contributed by atoms with van der Waals surface area (Å²) in [6.07, 6.45) is 1.24. The molecule has 0 fully saturated rings. The summed E-state index contributed by atoms with van der Waals surface area (Å²) >= 11 is 0.272. The number of rotatable bonds is 8. The van der Waals surface area contributed by atoms with Gasteiger partial charge in [-0.2, -0.15) is 0 Å². The van der Waals surface area contributed by atoms with Gasteiger partial charge in [0.25, 0.3) is 0 Å². The van der Waals surface area contributed by atoms with Crippen molar-refractivity contribution in [3.63, 3.8) is 0 Å². The van der Waals surface area contributed by atoms with Crippen LogP contribution in [0.2, 0.25) is 5.32 Å². The average molecular weight is 315 g/mol. The van der Waals surface area contributed by atoms with E-state index in [-0.39, 0.29) is 20.9 Å². The molecule has 0 aliphatic heterocycles. The Balaban J connectivity index is 2.14. The molecule has 4 heteroatoms. The summed E-state index contributed by atoms with van der Waals surface area (Å²) in [6, 6.07) is 10.1. The van der Waals surface area contributed by atoms with E-state index < -0.39 is 6.10 Å². The van der Waals surface area contributed by atoms with Crippen LogP contribution in [0.4, 0.5) is 0 Å². The van der Waals surface area contributed by atoms with Gasteiger partial charge in [-0.15, -0.1) is 0 Å². The van der Waals surface area contributed by atoms with Crippen LogP contribution in [0.5, 0.6) is 0 Å². The van der Waals surface area contributed by atoms with Crippen molar-refractivity contribution in [2.45, 2.75) is 37.6 Å². The van der Waals surface area contributed by atoms with Crippen LogP contribution in [0, 0.1) is 0 Å². The van der Waals surface area contributed by atoms with Crippen molar-refractivity contribution < 1.29 is 14.6 Å². The fourth-order valence-electron chi connectivity index (χ4n) is 1.37. The summed E-state index contributed by atoms with van der Waals surface area (Å²) < 4.78 is 6.23. The number of hydrogen-bond donors (Lipinski definition) is 1. The summed E-state index contributed by atoms with van der Waals surface area (Å²) in [4.78, 5) is 11.3. The van der Waals surface area contributed by atoms with Crippen molar-refractivity contribution in [3.8, 4) is 0 Å². The van der Waals surface area contributed by atoms with E-state index in [4.69, 9.17) is 4.74 Å². The van der Waals surface area contributed by atoms with Gasteiger partial charge in [0.15, 0.2) is 0 Å². The summed E-state index contributed by atoms with van der Waals surface area (Å²) in [5.41, 5.74) is 0. The molecule has 0 heterocycles. The van der Waals surface area contributed by atoms with E-state index in [1.165, 1.54) is 4.46 Å². The van der Waals surface area contributed by atoms with Crippen molar-refractivity contribution in [1.29, 1.82) is 0 Å². The summed E-state index contributed by atoms with van der Waals surface area (Å²) in [6.45, 7) is 2.44. The van der Waals surface area contributed by atoms with Crippen LogP contribution in [-0.4, -0.2) is 38.7 Å². The number of carbonyl (C=O) groups excluding carboxylic acids is 1. The van der Waals surface area contributed by atoms with Crippen molar-refractivity contribution in [2.24, 2.45) is 0 Å². The minimum absolute atomic E-state index is 0.205. The van der Waals surface area contributed by atoms with Crippen LogP contribution in [0.1, 0.15) is 26.2 Å². The molecule has 0 aliphatic rings. The van der Waals surface area contributed by atoms with Crippen molar-refractivity contribution in [1.82, 2.24) is 0 Å². The van der Waals surface area contributed by atoms with Crippen molar-refractivity contribution >= 4 is 25.4 Å². The number of benzene rings is 1. The fourth-order valence-corrected chi connectivity index (χ4v) is 3.26. The molecule has 3 nitrogen and oxygen atoms in total. The maximum atomic E-state index is 11.3. The standard InChI is InChI=1S/C14H20O3Se/c1-2-10-17-14(16)9-8-12(15)11-18-13-6-4-3-5-7-13/h3-7,12,15H,2,8-11H2,1H3/t12-/m0/s1. The van der Waals surface area contributed by atoms with Crippen molar-refractivity contribution in [2.75, 3.05) is 6.61 Å². The molecule has 0 saturated heterocycles. The maximum absolute atomic E-state index is 11.3. The van der Waals surface area contributed by atoms with Gasteiger partial charge in [-0.1, -0.05) is 0 Å². The molecule has 1 N–H and O–H groups in total. The fraction of sp³-hybridized carbons (Fsp3) is 0.500. The van der Waals surface area contributed by atoms with Crippen LogP contribution in [0.15, 0.2) is 30.3 Å². The first kappa shape index (κ1) is 15.2. The Labute approximate surface area is 115 Å². The average Bonchev–Trinajstić information content (AvgIpc) is 2.41. The topological polar surface area (TPSA) is 46.5 Å². The summed E-state index contributed by atoms with van der Waals surface area (Å²) in [7, 11) is 0. The van der Waals surface area contributed by atoms with Gasteiger partial charge in [0, 0.05) is 0 Å². The second-order valence-corrected chi connectivity index (χ2v) is 6.33. The molecule has 0 aliphatic carbocycles. The predicted molar refractivity (Wildman–Crippen MR) is 73.1 cm³/mol. The van der Waals surface area contributed by atoms with Crippen molar-refractivity contribution in [3.05, 3.63) is 30.3 Å². The Kier molecular flexibility index (Phi) is 7.74. The second kappa shape index (κ2) is 9.15. The zero-order chi connectivity index (χ0) is 13.2. The first-order chi connectivity index (χ1) is 8.72. The van der Waals surface area contributed by atoms with Gasteiger partial charge in [0.2, 0.25) is 0 Å². The van der Waals surface area contributed by atoms with Gasteiger partial charge in [-0.05, 0) is 0 Å². The third kappa shape index (κ3) is 6.80. The normalized spacial score (nSPS) is 12.1. The van der Waals surface area contributed by atoms with Gasteiger partial charge in [-0.3, -0.25) is 0 Å². The van der Waals surface area contributed by atoms with Crippen LogP contribution >= 0.6 is 0 Å². The second-order valence-electron chi connectivity index (χ2n) is 4.04. The predicted octanol–water partition coefficient (Wildman–Crippen LogP) is 1.53. The molecule has 1 aromatic carbocycles. The van der Waals surface area contributed by atoms with Gasteiger partial charge in [0.1, 0.15) is 0 Å². The van der Waals surface area contributed by atoms with Crippen LogP contribution in [0.25, 0.3) is 0 Å². The number of aliphatic hydroxyl groups excluding tert-OH is 1. The third-order valence-corrected chi connectivity index (χ3v) is 4.76.